The highest BCUT2D eigenvalue weighted by molar-refractivity contribution is 5.99. The molecule has 34 heavy (non-hydrogen) atoms. The van der Waals surface area contributed by atoms with Crippen LogP contribution in [0.4, 0.5) is 0 Å². The maximum absolute atomic E-state index is 13.1. The number of benzene rings is 1. The van der Waals surface area contributed by atoms with Gasteiger partial charge in [0.25, 0.3) is 5.91 Å². The third-order valence-corrected chi connectivity index (χ3v) is 6.88. The summed E-state index contributed by atoms with van der Waals surface area (Å²) in [5.41, 5.74) is 1.30. The summed E-state index contributed by atoms with van der Waals surface area (Å²) in [6.07, 6.45) is 5.69. The molecule has 0 saturated carbocycles. The van der Waals surface area contributed by atoms with Gasteiger partial charge in [0, 0.05) is 29.9 Å². The topological polar surface area (TPSA) is 107 Å². The quantitative estimate of drug-likeness (QED) is 0.602. The molecule has 1 atom stereocenters. The lowest BCUT2D eigenvalue weighted by Crippen LogP contribution is -2.61. The van der Waals surface area contributed by atoms with E-state index in [1.54, 1.807) is 12.3 Å². The predicted molar refractivity (Wildman–Crippen MR) is 130 cm³/mol. The van der Waals surface area contributed by atoms with Crippen molar-refractivity contribution in [3.63, 3.8) is 0 Å². The Morgan fingerprint density at radius 1 is 1.26 bits per heavy atom. The monoisotopic (exact) mass is 463 g/mol. The molecule has 2 aliphatic heterocycles. The van der Waals surface area contributed by atoms with Crippen LogP contribution in [0.25, 0.3) is 0 Å². The van der Waals surface area contributed by atoms with E-state index in [1.165, 1.54) is 11.1 Å². The van der Waals surface area contributed by atoms with Gasteiger partial charge in [0.15, 0.2) is 5.96 Å². The van der Waals surface area contributed by atoms with Crippen LogP contribution in [0.2, 0.25) is 0 Å². The molecule has 1 fully saturated rings. The summed E-state index contributed by atoms with van der Waals surface area (Å²) in [6.45, 7) is 8.26. The fourth-order valence-corrected chi connectivity index (χ4v) is 4.77. The Kier molecular flexibility index (Phi) is 6.34. The van der Waals surface area contributed by atoms with E-state index in [1.807, 2.05) is 52.0 Å². The van der Waals surface area contributed by atoms with E-state index in [-0.39, 0.29) is 35.9 Å². The minimum absolute atomic E-state index is 0.0934. The third-order valence-electron chi connectivity index (χ3n) is 6.88. The predicted octanol–water partition coefficient (Wildman–Crippen LogP) is 3.93. The van der Waals surface area contributed by atoms with Gasteiger partial charge < -0.3 is 15.4 Å². The van der Waals surface area contributed by atoms with Crippen molar-refractivity contribution in [1.29, 1.82) is 5.41 Å². The number of hydrogen-bond donors (Lipinski definition) is 3. The number of hydrogen-bond acceptors (Lipinski definition) is 5. The van der Waals surface area contributed by atoms with Crippen molar-refractivity contribution in [2.45, 2.75) is 77.1 Å². The van der Waals surface area contributed by atoms with Crippen LogP contribution in [0.15, 0.2) is 42.7 Å². The van der Waals surface area contributed by atoms with E-state index in [9.17, 15) is 9.59 Å². The van der Waals surface area contributed by atoms with Gasteiger partial charge in [-0.1, -0.05) is 32.0 Å². The van der Waals surface area contributed by atoms with Crippen molar-refractivity contribution in [1.82, 2.24) is 20.5 Å². The standard InChI is InChI=1S/C26H33N5O3/c1-5-26(6-2)13-22(32)31(24(27)30-26)16-17-11-18(15-28-14-17)23(33)29-20-12-25(3,4)34-21-10-8-7-9-19(20)21/h7-11,14-15,20H,5-6,12-13,16H2,1-4H3,(H2,27,30)(H,29,33). The van der Waals surface area contributed by atoms with Crippen LogP contribution in [0.5, 0.6) is 5.75 Å². The first-order valence-corrected chi connectivity index (χ1v) is 11.8. The molecule has 4 rings (SSSR count). The molecule has 2 aromatic rings. The molecule has 0 bridgehead atoms. The van der Waals surface area contributed by atoms with Crippen molar-refractivity contribution in [2.75, 3.05) is 0 Å². The molecule has 3 heterocycles. The molecule has 1 saturated heterocycles. The lowest BCUT2D eigenvalue weighted by atomic mass is 9.87. The lowest BCUT2D eigenvalue weighted by molar-refractivity contribution is -0.131. The zero-order chi connectivity index (χ0) is 24.5. The number of carbonyl (C=O) groups is 2. The molecular weight excluding hydrogens is 430 g/mol. The fraction of sp³-hybridized carbons (Fsp3) is 0.462. The number of ether oxygens (including phenoxy) is 1. The van der Waals surface area contributed by atoms with E-state index in [0.29, 0.717) is 24.0 Å². The maximum atomic E-state index is 13.1. The second-order valence-corrected chi connectivity index (χ2v) is 9.83. The highest BCUT2D eigenvalue weighted by Crippen LogP contribution is 2.39. The molecule has 1 unspecified atom stereocenters. The maximum Gasteiger partial charge on any atom is 0.253 e. The van der Waals surface area contributed by atoms with E-state index in [2.05, 4.69) is 15.6 Å². The molecule has 8 heteroatoms. The van der Waals surface area contributed by atoms with Crippen molar-refractivity contribution < 1.29 is 14.3 Å². The Morgan fingerprint density at radius 3 is 2.71 bits per heavy atom. The second kappa shape index (κ2) is 9.08. The van der Waals surface area contributed by atoms with Crippen molar-refractivity contribution in [3.8, 4) is 5.75 Å². The highest BCUT2D eigenvalue weighted by Gasteiger charge is 2.39. The average molecular weight is 464 g/mol. The smallest absolute Gasteiger partial charge is 0.253 e. The summed E-state index contributed by atoms with van der Waals surface area (Å²) in [5, 5.41) is 14.7. The summed E-state index contributed by atoms with van der Waals surface area (Å²) in [6, 6.07) is 9.30. The number of carbonyl (C=O) groups excluding carboxylic acids is 2. The molecule has 2 aliphatic rings. The Balaban J connectivity index is 1.49. The van der Waals surface area contributed by atoms with Crippen LogP contribution in [0.3, 0.4) is 0 Å². The summed E-state index contributed by atoms with van der Waals surface area (Å²) in [4.78, 5) is 31.6. The van der Waals surface area contributed by atoms with Crippen molar-refractivity contribution in [2.24, 2.45) is 0 Å². The molecule has 0 radical (unpaired) electrons. The van der Waals surface area contributed by atoms with Gasteiger partial charge in [-0.2, -0.15) is 0 Å². The van der Waals surface area contributed by atoms with Gasteiger partial charge in [0.05, 0.1) is 24.6 Å². The largest absolute Gasteiger partial charge is 0.487 e. The number of nitrogens with one attached hydrogen (secondary N) is 3. The summed E-state index contributed by atoms with van der Waals surface area (Å²) < 4.78 is 6.06. The minimum atomic E-state index is -0.402. The number of nitrogens with zero attached hydrogens (tertiary/aromatic N) is 2. The number of aromatic nitrogens is 1. The molecule has 2 amide bonds. The number of guanidine groups is 1. The van der Waals surface area contributed by atoms with Crippen LogP contribution in [0, 0.1) is 5.41 Å². The summed E-state index contributed by atoms with van der Waals surface area (Å²) in [7, 11) is 0. The van der Waals surface area contributed by atoms with E-state index in [4.69, 9.17) is 10.1 Å². The van der Waals surface area contributed by atoms with Crippen LogP contribution < -0.4 is 15.4 Å². The average Bonchev–Trinajstić information content (AvgIpc) is 2.80. The zero-order valence-corrected chi connectivity index (χ0v) is 20.3. The van der Waals surface area contributed by atoms with Crippen molar-refractivity contribution >= 4 is 17.8 Å². The third kappa shape index (κ3) is 4.76. The Morgan fingerprint density at radius 2 is 2.00 bits per heavy atom. The second-order valence-electron chi connectivity index (χ2n) is 9.83. The lowest BCUT2D eigenvalue weighted by Gasteiger charge is -2.42. The van der Waals surface area contributed by atoms with Crippen LogP contribution in [-0.4, -0.2) is 38.8 Å². The SMILES string of the molecule is CCC1(CC)CC(=O)N(Cc2cncc(C(=O)NC3CC(C)(C)Oc4ccccc43)c2)C(=N)N1. The first kappa shape index (κ1) is 23.7. The van der Waals surface area contributed by atoms with Crippen LogP contribution in [0.1, 0.15) is 80.9 Å². The molecule has 0 aliphatic carbocycles. The van der Waals surface area contributed by atoms with Gasteiger partial charge in [-0.05, 0) is 44.4 Å². The van der Waals surface area contributed by atoms with Crippen molar-refractivity contribution in [3.05, 3.63) is 59.4 Å². The van der Waals surface area contributed by atoms with Gasteiger partial charge in [0.1, 0.15) is 11.4 Å². The number of amides is 2. The van der Waals surface area contributed by atoms with Crippen LogP contribution >= 0.6 is 0 Å². The molecular formula is C26H33N5O3. The molecule has 1 aromatic heterocycles. The molecule has 0 spiro atoms. The van der Waals surface area contributed by atoms with Gasteiger partial charge in [-0.3, -0.25) is 24.9 Å². The molecule has 180 valence electrons. The minimum Gasteiger partial charge on any atom is -0.487 e. The Labute approximate surface area is 200 Å². The molecule has 8 nitrogen and oxygen atoms in total. The van der Waals surface area contributed by atoms with Gasteiger partial charge in [-0.15, -0.1) is 0 Å². The number of pyridine rings is 1. The number of fused-ring (bicyclic) bond motifs is 1. The number of para-hydroxylation sites is 1. The normalized spacial score (nSPS) is 20.7. The van der Waals surface area contributed by atoms with Crippen LogP contribution in [-0.2, 0) is 11.3 Å². The fourth-order valence-electron chi connectivity index (χ4n) is 4.77. The van der Waals surface area contributed by atoms with E-state index < -0.39 is 5.60 Å². The first-order valence-electron chi connectivity index (χ1n) is 11.8. The molecule has 1 aromatic carbocycles. The summed E-state index contributed by atoms with van der Waals surface area (Å²) >= 11 is 0. The molecule has 3 N–H and O–H groups in total. The Bertz CT molecular complexity index is 1090. The highest BCUT2D eigenvalue weighted by atomic mass is 16.5. The summed E-state index contributed by atoms with van der Waals surface area (Å²) in [5.74, 6) is 0.543. The van der Waals surface area contributed by atoms with Gasteiger partial charge in [0.2, 0.25) is 5.91 Å². The zero-order valence-electron chi connectivity index (χ0n) is 20.3. The van der Waals surface area contributed by atoms with Gasteiger partial charge in [-0.25, -0.2) is 0 Å². The van der Waals surface area contributed by atoms with Gasteiger partial charge >= 0.3 is 0 Å². The van der Waals surface area contributed by atoms with E-state index in [0.717, 1.165) is 24.2 Å². The van der Waals surface area contributed by atoms with E-state index >= 15 is 0 Å². The number of rotatable bonds is 6. The first-order chi connectivity index (χ1) is 16.1. The Hall–Kier alpha value is -3.42.